The van der Waals surface area contributed by atoms with Crippen LogP contribution in [0.15, 0.2) is 6.33 Å². The van der Waals surface area contributed by atoms with Crippen molar-refractivity contribution in [3.63, 3.8) is 0 Å². The lowest BCUT2D eigenvalue weighted by atomic mass is 9.78. The Morgan fingerprint density at radius 1 is 1.35 bits per heavy atom. The summed E-state index contributed by atoms with van der Waals surface area (Å²) in [7, 11) is 0. The van der Waals surface area contributed by atoms with Gasteiger partial charge in [-0.15, -0.1) is 10.2 Å². The van der Waals surface area contributed by atoms with E-state index in [1.807, 2.05) is 11.5 Å². The summed E-state index contributed by atoms with van der Waals surface area (Å²) < 4.78 is 1.92. The molecule has 0 atom stereocenters. The van der Waals surface area contributed by atoms with E-state index in [2.05, 4.69) is 29.4 Å². The summed E-state index contributed by atoms with van der Waals surface area (Å²) in [4.78, 5) is 12.5. The summed E-state index contributed by atoms with van der Waals surface area (Å²) >= 11 is 0. The van der Waals surface area contributed by atoms with E-state index < -0.39 is 5.41 Å². The Morgan fingerprint density at radius 3 is 2.50 bits per heavy atom. The summed E-state index contributed by atoms with van der Waals surface area (Å²) in [5.41, 5.74) is 5.45. The van der Waals surface area contributed by atoms with Gasteiger partial charge in [0.05, 0.1) is 12.0 Å². The zero-order chi connectivity index (χ0) is 15.0. The van der Waals surface area contributed by atoms with Gasteiger partial charge in [-0.1, -0.05) is 26.7 Å². The van der Waals surface area contributed by atoms with Gasteiger partial charge in [-0.05, 0) is 19.8 Å². The molecule has 0 fully saturated rings. The molecule has 0 aliphatic carbocycles. The molecule has 0 saturated heterocycles. The molecule has 3 N–H and O–H groups in total. The molecular weight excluding hydrogens is 254 g/mol. The number of aromatic nitrogens is 3. The molecule has 20 heavy (non-hydrogen) atoms. The molecule has 0 bridgehead atoms. The van der Waals surface area contributed by atoms with Gasteiger partial charge in [-0.2, -0.15) is 0 Å². The quantitative estimate of drug-likeness (QED) is 0.717. The average molecular weight is 281 g/mol. The number of rotatable bonds is 9. The smallest absolute Gasteiger partial charge is 0.227 e. The first kappa shape index (κ1) is 16.6. The molecular formula is C14H27N5O. The number of aryl methyl sites for hydroxylation is 1. The highest BCUT2D eigenvalue weighted by atomic mass is 16.2. The molecule has 0 radical (unpaired) electrons. The van der Waals surface area contributed by atoms with Crippen molar-refractivity contribution in [1.29, 1.82) is 0 Å². The van der Waals surface area contributed by atoms with Crippen LogP contribution in [0.5, 0.6) is 0 Å². The van der Waals surface area contributed by atoms with E-state index in [1.165, 1.54) is 0 Å². The number of nitrogens with two attached hydrogens (primary N) is 1. The first-order valence-electron chi connectivity index (χ1n) is 7.48. The van der Waals surface area contributed by atoms with Gasteiger partial charge in [-0.25, -0.2) is 0 Å². The third kappa shape index (κ3) is 3.79. The Kier molecular flexibility index (Phi) is 6.64. The van der Waals surface area contributed by atoms with Crippen LogP contribution in [0.3, 0.4) is 0 Å². The molecule has 1 rings (SSSR count). The van der Waals surface area contributed by atoms with Crippen LogP contribution in [-0.2, 0) is 17.9 Å². The standard InChI is InChI=1S/C14H27N5O/c1-4-7-14(10-15,8-5-2)13(20)16-9-12-18-17-11-19(12)6-3/h11H,4-10,15H2,1-3H3,(H,16,20). The maximum absolute atomic E-state index is 12.5. The monoisotopic (exact) mass is 281 g/mol. The molecule has 0 unspecified atom stereocenters. The van der Waals surface area contributed by atoms with E-state index in [-0.39, 0.29) is 5.91 Å². The summed E-state index contributed by atoms with van der Waals surface area (Å²) in [6.45, 7) is 7.78. The van der Waals surface area contributed by atoms with Gasteiger partial charge in [0.25, 0.3) is 0 Å². The minimum atomic E-state index is -0.444. The highest BCUT2D eigenvalue weighted by Crippen LogP contribution is 2.29. The molecule has 114 valence electrons. The fraction of sp³-hybridized carbons (Fsp3) is 0.786. The normalized spacial score (nSPS) is 11.6. The number of hydrogen-bond acceptors (Lipinski definition) is 4. The predicted molar refractivity (Wildman–Crippen MR) is 78.8 cm³/mol. The number of hydrogen-bond donors (Lipinski definition) is 2. The van der Waals surface area contributed by atoms with E-state index >= 15 is 0 Å². The zero-order valence-corrected chi connectivity index (χ0v) is 12.9. The molecule has 0 aliphatic rings. The van der Waals surface area contributed by atoms with Crippen molar-refractivity contribution in [2.75, 3.05) is 6.54 Å². The van der Waals surface area contributed by atoms with E-state index in [4.69, 9.17) is 5.73 Å². The van der Waals surface area contributed by atoms with Gasteiger partial charge in [0, 0.05) is 13.1 Å². The number of amides is 1. The molecule has 1 aromatic rings. The highest BCUT2D eigenvalue weighted by molar-refractivity contribution is 5.82. The minimum absolute atomic E-state index is 0.0364. The van der Waals surface area contributed by atoms with Crippen LogP contribution in [0.4, 0.5) is 0 Å². The van der Waals surface area contributed by atoms with E-state index in [0.717, 1.165) is 38.1 Å². The third-order valence-electron chi connectivity index (χ3n) is 3.77. The van der Waals surface area contributed by atoms with Gasteiger partial charge in [0.15, 0.2) is 5.82 Å². The second kappa shape index (κ2) is 7.99. The largest absolute Gasteiger partial charge is 0.348 e. The predicted octanol–water partition coefficient (Wildman–Crippen LogP) is 1.46. The zero-order valence-electron chi connectivity index (χ0n) is 12.9. The minimum Gasteiger partial charge on any atom is -0.348 e. The second-order valence-electron chi connectivity index (χ2n) is 5.20. The molecule has 6 heteroatoms. The summed E-state index contributed by atoms with van der Waals surface area (Å²) in [5, 5.41) is 10.9. The second-order valence-corrected chi connectivity index (χ2v) is 5.20. The van der Waals surface area contributed by atoms with Crippen LogP contribution in [0.1, 0.15) is 52.3 Å². The lowest BCUT2D eigenvalue weighted by Gasteiger charge is -2.30. The van der Waals surface area contributed by atoms with Crippen molar-refractivity contribution in [3.05, 3.63) is 12.2 Å². The first-order chi connectivity index (χ1) is 9.63. The lowest BCUT2D eigenvalue weighted by Crippen LogP contribution is -2.46. The van der Waals surface area contributed by atoms with Gasteiger partial charge < -0.3 is 15.6 Å². The van der Waals surface area contributed by atoms with Gasteiger partial charge >= 0.3 is 0 Å². The van der Waals surface area contributed by atoms with Crippen molar-refractivity contribution in [1.82, 2.24) is 20.1 Å². The maximum atomic E-state index is 12.5. The molecule has 0 aromatic carbocycles. The molecule has 1 amide bonds. The van der Waals surface area contributed by atoms with E-state index in [9.17, 15) is 4.79 Å². The molecule has 1 aromatic heterocycles. The lowest BCUT2D eigenvalue weighted by molar-refractivity contribution is -0.131. The fourth-order valence-electron chi connectivity index (χ4n) is 2.63. The van der Waals surface area contributed by atoms with Crippen LogP contribution in [0.2, 0.25) is 0 Å². The Morgan fingerprint density at radius 2 is 2.00 bits per heavy atom. The SMILES string of the molecule is CCCC(CN)(CCC)C(=O)NCc1nncn1CC. The fourth-order valence-corrected chi connectivity index (χ4v) is 2.63. The van der Waals surface area contributed by atoms with Crippen LogP contribution in [0.25, 0.3) is 0 Å². The first-order valence-corrected chi connectivity index (χ1v) is 7.48. The van der Waals surface area contributed by atoms with Crippen molar-refractivity contribution >= 4 is 5.91 Å². The summed E-state index contributed by atoms with van der Waals surface area (Å²) in [6, 6.07) is 0. The number of nitrogens with one attached hydrogen (secondary N) is 1. The number of nitrogens with zero attached hydrogens (tertiary/aromatic N) is 3. The summed E-state index contributed by atoms with van der Waals surface area (Å²) in [6.07, 6.45) is 5.23. The number of carbonyl (C=O) groups excluding carboxylic acids is 1. The van der Waals surface area contributed by atoms with Gasteiger partial charge in [-0.3, -0.25) is 4.79 Å². The van der Waals surface area contributed by atoms with Crippen molar-refractivity contribution in [2.24, 2.45) is 11.1 Å². The molecule has 1 heterocycles. The van der Waals surface area contributed by atoms with Crippen molar-refractivity contribution in [2.45, 2.75) is 59.5 Å². The average Bonchev–Trinajstić information content (AvgIpc) is 2.91. The van der Waals surface area contributed by atoms with Crippen LogP contribution >= 0.6 is 0 Å². The third-order valence-corrected chi connectivity index (χ3v) is 3.77. The summed E-state index contributed by atoms with van der Waals surface area (Å²) in [5.74, 6) is 0.814. The Hall–Kier alpha value is -1.43. The van der Waals surface area contributed by atoms with Crippen molar-refractivity contribution in [3.8, 4) is 0 Å². The topological polar surface area (TPSA) is 85.8 Å². The van der Waals surface area contributed by atoms with Crippen LogP contribution in [-0.4, -0.2) is 27.2 Å². The van der Waals surface area contributed by atoms with Gasteiger partial charge in [0.2, 0.25) is 5.91 Å². The Labute approximate surface area is 121 Å². The van der Waals surface area contributed by atoms with Gasteiger partial charge in [0.1, 0.15) is 6.33 Å². The molecule has 0 aliphatic heterocycles. The molecule has 0 spiro atoms. The van der Waals surface area contributed by atoms with E-state index in [0.29, 0.717) is 13.1 Å². The maximum Gasteiger partial charge on any atom is 0.227 e. The van der Waals surface area contributed by atoms with Crippen LogP contribution < -0.4 is 11.1 Å². The molecule has 0 saturated carbocycles. The van der Waals surface area contributed by atoms with Crippen LogP contribution in [0, 0.1) is 5.41 Å². The van der Waals surface area contributed by atoms with E-state index in [1.54, 1.807) is 6.33 Å². The molecule has 6 nitrogen and oxygen atoms in total. The van der Waals surface area contributed by atoms with Crippen molar-refractivity contribution < 1.29 is 4.79 Å². The number of carbonyl (C=O) groups is 1. The Bertz CT molecular complexity index is 409. The Balaban J connectivity index is 2.71. The highest BCUT2D eigenvalue weighted by Gasteiger charge is 2.35.